The predicted octanol–water partition coefficient (Wildman–Crippen LogP) is 4.63. The molecule has 0 aliphatic carbocycles. The number of amides is 1. The standard InChI is InChI=1S/C26H30N2O5/c1-5-32-25(30)33-23-22(21-17-18(2)11-12-19(21)3)24(29)28(20-9-7-6-8-10-20)26(23)13-15-27(31-4)16-14-26/h6-12,17H,5,13-16H2,1-4H3. The number of hydrogen-bond donors (Lipinski definition) is 0. The molecular weight excluding hydrogens is 420 g/mol. The van der Waals surface area contributed by atoms with Crippen molar-refractivity contribution in [3.63, 3.8) is 0 Å². The van der Waals surface area contributed by atoms with Crippen molar-refractivity contribution >= 4 is 23.3 Å². The maximum Gasteiger partial charge on any atom is 0.513 e. The van der Waals surface area contributed by atoms with Crippen molar-refractivity contribution in [3.05, 3.63) is 71.0 Å². The van der Waals surface area contributed by atoms with Gasteiger partial charge in [0.2, 0.25) is 0 Å². The summed E-state index contributed by atoms with van der Waals surface area (Å²) in [4.78, 5) is 34.0. The Labute approximate surface area is 194 Å². The van der Waals surface area contributed by atoms with Crippen LogP contribution in [-0.4, -0.2) is 49.5 Å². The molecule has 0 radical (unpaired) electrons. The molecule has 0 atom stereocenters. The smallest absolute Gasteiger partial charge is 0.434 e. The Hall–Kier alpha value is -3.16. The molecule has 0 aromatic heterocycles. The second-order valence-electron chi connectivity index (χ2n) is 8.43. The lowest BCUT2D eigenvalue weighted by molar-refractivity contribution is -0.150. The van der Waals surface area contributed by atoms with Gasteiger partial charge in [0.05, 0.1) is 19.3 Å². The third-order valence-electron chi connectivity index (χ3n) is 6.43. The van der Waals surface area contributed by atoms with Crippen LogP contribution in [0.25, 0.3) is 5.57 Å². The summed E-state index contributed by atoms with van der Waals surface area (Å²) >= 11 is 0. The van der Waals surface area contributed by atoms with Crippen LogP contribution in [0.5, 0.6) is 0 Å². The van der Waals surface area contributed by atoms with Crippen molar-refractivity contribution < 1.29 is 23.9 Å². The summed E-state index contributed by atoms with van der Waals surface area (Å²) in [6, 6.07) is 15.5. The van der Waals surface area contributed by atoms with Crippen molar-refractivity contribution in [1.82, 2.24) is 5.06 Å². The van der Waals surface area contributed by atoms with Crippen LogP contribution < -0.4 is 4.90 Å². The van der Waals surface area contributed by atoms with Crippen LogP contribution in [0.15, 0.2) is 54.3 Å². The van der Waals surface area contributed by atoms with Crippen molar-refractivity contribution in [2.45, 2.75) is 39.2 Å². The fourth-order valence-electron chi connectivity index (χ4n) is 4.79. The lowest BCUT2D eigenvalue weighted by Gasteiger charge is -2.44. The minimum Gasteiger partial charge on any atom is -0.434 e. The number of nitrogens with zero attached hydrogens (tertiary/aromatic N) is 2. The maximum atomic E-state index is 14.1. The second-order valence-corrected chi connectivity index (χ2v) is 8.43. The zero-order valence-electron chi connectivity index (χ0n) is 19.6. The van der Waals surface area contributed by atoms with E-state index >= 15 is 0 Å². The first-order chi connectivity index (χ1) is 15.9. The molecular formula is C26H30N2O5. The number of para-hydroxylation sites is 1. The first kappa shape index (κ1) is 23.0. The molecule has 0 bridgehead atoms. The van der Waals surface area contributed by atoms with E-state index in [4.69, 9.17) is 14.3 Å². The molecule has 7 nitrogen and oxygen atoms in total. The Morgan fingerprint density at radius 3 is 2.39 bits per heavy atom. The first-order valence-electron chi connectivity index (χ1n) is 11.3. The number of hydroxylamine groups is 2. The molecule has 7 heteroatoms. The van der Waals surface area contributed by atoms with Crippen LogP contribution in [0, 0.1) is 13.8 Å². The van der Waals surface area contributed by atoms with Gasteiger partial charge in [0.1, 0.15) is 5.54 Å². The fraction of sp³-hybridized carbons (Fsp3) is 0.385. The number of carbonyl (C=O) groups excluding carboxylic acids is 2. The van der Waals surface area contributed by atoms with Crippen LogP contribution in [0.4, 0.5) is 10.5 Å². The van der Waals surface area contributed by atoms with Crippen molar-refractivity contribution in [1.29, 1.82) is 0 Å². The highest BCUT2D eigenvalue weighted by Gasteiger charge is 2.56. The summed E-state index contributed by atoms with van der Waals surface area (Å²) in [5, 5.41) is 1.86. The number of aryl methyl sites for hydroxylation is 2. The number of rotatable bonds is 5. The number of anilines is 1. The first-order valence-corrected chi connectivity index (χ1v) is 11.3. The molecule has 0 N–H and O–H groups in total. The highest BCUT2D eigenvalue weighted by atomic mass is 16.7. The van der Waals surface area contributed by atoms with E-state index in [0.29, 0.717) is 37.3 Å². The van der Waals surface area contributed by atoms with E-state index in [-0.39, 0.29) is 12.5 Å². The topological polar surface area (TPSA) is 68.3 Å². The van der Waals surface area contributed by atoms with Crippen LogP contribution in [0.3, 0.4) is 0 Å². The molecule has 0 saturated carbocycles. The summed E-state index contributed by atoms with van der Waals surface area (Å²) < 4.78 is 11.0. The van der Waals surface area contributed by atoms with Crippen molar-refractivity contribution in [2.75, 3.05) is 31.7 Å². The van der Waals surface area contributed by atoms with E-state index in [1.165, 1.54) is 0 Å². The molecule has 1 spiro atoms. The molecule has 2 aromatic rings. The summed E-state index contributed by atoms with van der Waals surface area (Å²) in [5.74, 6) is 0.180. The van der Waals surface area contributed by atoms with E-state index in [1.807, 2.05) is 67.4 Å². The molecule has 2 aliphatic rings. The van der Waals surface area contributed by atoms with Crippen LogP contribution >= 0.6 is 0 Å². The number of carbonyl (C=O) groups is 2. The number of hydrogen-bond acceptors (Lipinski definition) is 6. The molecule has 174 valence electrons. The molecule has 2 heterocycles. The van der Waals surface area contributed by atoms with E-state index in [2.05, 4.69) is 0 Å². The quantitative estimate of drug-likeness (QED) is 0.619. The monoisotopic (exact) mass is 450 g/mol. The molecule has 1 saturated heterocycles. The van der Waals surface area contributed by atoms with E-state index in [0.717, 1.165) is 22.4 Å². The van der Waals surface area contributed by atoms with Gasteiger partial charge in [0.25, 0.3) is 5.91 Å². The van der Waals surface area contributed by atoms with Crippen LogP contribution in [0.2, 0.25) is 0 Å². The summed E-state index contributed by atoms with van der Waals surface area (Å²) in [5.41, 5.74) is 3.08. The number of piperidine rings is 1. The van der Waals surface area contributed by atoms with Gasteiger partial charge < -0.3 is 14.3 Å². The van der Waals surface area contributed by atoms with Crippen LogP contribution in [0.1, 0.15) is 36.5 Å². The molecule has 0 unspecified atom stereocenters. The van der Waals surface area contributed by atoms with Gasteiger partial charge in [-0.3, -0.25) is 9.69 Å². The minimum atomic E-state index is -0.828. The second kappa shape index (κ2) is 9.37. The average Bonchev–Trinajstić information content (AvgIpc) is 3.03. The molecule has 4 rings (SSSR count). The van der Waals surface area contributed by atoms with Gasteiger partial charge in [0, 0.05) is 18.8 Å². The Kier molecular flexibility index (Phi) is 6.54. The van der Waals surface area contributed by atoms with Crippen molar-refractivity contribution in [3.8, 4) is 0 Å². The van der Waals surface area contributed by atoms with E-state index in [9.17, 15) is 9.59 Å². The summed E-state index contributed by atoms with van der Waals surface area (Å²) in [7, 11) is 1.64. The molecule has 1 fully saturated rings. The fourth-order valence-corrected chi connectivity index (χ4v) is 4.79. The Morgan fingerprint density at radius 2 is 1.76 bits per heavy atom. The highest BCUT2D eigenvalue weighted by molar-refractivity contribution is 6.31. The summed E-state index contributed by atoms with van der Waals surface area (Å²) in [6.07, 6.45) is 0.293. The van der Waals surface area contributed by atoms with Gasteiger partial charge in [-0.25, -0.2) is 4.79 Å². The number of ether oxygens (including phenoxy) is 2. The third-order valence-corrected chi connectivity index (χ3v) is 6.43. The molecule has 2 aromatic carbocycles. The Bertz CT molecular complexity index is 1070. The van der Waals surface area contributed by atoms with Gasteiger partial charge in [-0.05, 0) is 56.9 Å². The molecule has 1 amide bonds. The zero-order chi connectivity index (χ0) is 23.6. The third kappa shape index (κ3) is 4.14. The zero-order valence-corrected chi connectivity index (χ0v) is 19.6. The predicted molar refractivity (Wildman–Crippen MR) is 125 cm³/mol. The molecule has 2 aliphatic heterocycles. The van der Waals surface area contributed by atoms with Crippen molar-refractivity contribution in [2.24, 2.45) is 0 Å². The Balaban J connectivity index is 1.94. The maximum absolute atomic E-state index is 14.1. The highest BCUT2D eigenvalue weighted by Crippen LogP contribution is 2.49. The molecule has 33 heavy (non-hydrogen) atoms. The van der Waals surface area contributed by atoms with Gasteiger partial charge in [-0.2, -0.15) is 5.06 Å². The lowest BCUT2D eigenvalue weighted by atomic mass is 9.84. The van der Waals surface area contributed by atoms with E-state index in [1.54, 1.807) is 18.9 Å². The lowest BCUT2D eigenvalue weighted by Crippen LogP contribution is -2.55. The van der Waals surface area contributed by atoms with Gasteiger partial charge >= 0.3 is 6.16 Å². The normalized spacial score (nSPS) is 18.2. The summed E-state index contributed by atoms with van der Waals surface area (Å²) in [6.45, 7) is 7.03. The SMILES string of the molecule is CCOC(=O)OC1=C(c2cc(C)ccc2C)C(=O)N(c2ccccc2)C12CCN(OC)CC2. The average molecular weight is 451 g/mol. The van der Waals surface area contributed by atoms with Gasteiger partial charge in [-0.15, -0.1) is 0 Å². The van der Waals surface area contributed by atoms with Gasteiger partial charge in [-0.1, -0.05) is 42.0 Å². The largest absolute Gasteiger partial charge is 0.513 e. The minimum absolute atomic E-state index is 0.180. The Morgan fingerprint density at radius 1 is 1.06 bits per heavy atom. The van der Waals surface area contributed by atoms with E-state index < -0.39 is 11.7 Å². The van der Waals surface area contributed by atoms with Gasteiger partial charge in [0.15, 0.2) is 5.76 Å². The van der Waals surface area contributed by atoms with Crippen LogP contribution in [-0.2, 0) is 19.1 Å². The number of benzene rings is 2.